The van der Waals surface area contributed by atoms with Crippen LogP contribution in [0.4, 0.5) is 9.18 Å². The van der Waals surface area contributed by atoms with Gasteiger partial charge in [-0.15, -0.1) is 11.8 Å². The molecule has 1 aliphatic carbocycles. The van der Waals surface area contributed by atoms with Crippen LogP contribution < -0.4 is 5.32 Å². The van der Waals surface area contributed by atoms with Crippen LogP contribution in [0.1, 0.15) is 43.5 Å². The van der Waals surface area contributed by atoms with Crippen LogP contribution >= 0.6 is 11.8 Å². The lowest BCUT2D eigenvalue weighted by molar-refractivity contribution is -0.140. The molecule has 1 spiro atoms. The Morgan fingerprint density at radius 2 is 2.11 bits per heavy atom. The van der Waals surface area contributed by atoms with Gasteiger partial charge in [-0.1, -0.05) is 38.0 Å². The van der Waals surface area contributed by atoms with Gasteiger partial charge in [0.15, 0.2) is 0 Å². The van der Waals surface area contributed by atoms with Crippen molar-refractivity contribution in [1.29, 1.82) is 0 Å². The topological polar surface area (TPSA) is 69.7 Å². The predicted molar refractivity (Wildman–Crippen MR) is 104 cm³/mol. The number of benzene rings is 1. The van der Waals surface area contributed by atoms with Crippen LogP contribution in [0.2, 0.25) is 0 Å². The van der Waals surface area contributed by atoms with Crippen molar-refractivity contribution in [2.24, 2.45) is 5.92 Å². The summed E-state index contributed by atoms with van der Waals surface area (Å²) in [7, 11) is 0. The first-order valence-electron chi connectivity index (χ1n) is 9.73. The zero-order valence-corrected chi connectivity index (χ0v) is 16.6. The first-order chi connectivity index (χ1) is 13.4. The van der Waals surface area contributed by atoms with E-state index in [1.54, 1.807) is 23.1 Å². The molecular formula is C20H24FN3O3S. The second kappa shape index (κ2) is 7.39. The van der Waals surface area contributed by atoms with Crippen molar-refractivity contribution in [2.45, 2.75) is 43.5 Å². The highest BCUT2D eigenvalue weighted by Crippen LogP contribution is 2.40. The van der Waals surface area contributed by atoms with Crippen LogP contribution in [-0.2, 0) is 9.59 Å². The smallest absolute Gasteiger partial charge is 0.324 e. The van der Waals surface area contributed by atoms with Crippen molar-refractivity contribution in [2.75, 3.05) is 18.8 Å². The Morgan fingerprint density at radius 3 is 2.86 bits per heavy atom. The number of carbonyl (C=O) groups is 3. The summed E-state index contributed by atoms with van der Waals surface area (Å²) in [6.45, 7) is 2.15. The molecule has 3 atom stereocenters. The van der Waals surface area contributed by atoms with Crippen molar-refractivity contribution >= 4 is 29.6 Å². The van der Waals surface area contributed by atoms with E-state index in [4.69, 9.17) is 0 Å². The van der Waals surface area contributed by atoms with Crippen molar-refractivity contribution < 1.29 is 18.8 Å². The lowest BCUT2D eigenvalue weighted by atomic mass is 9.73. The molecule has 6 nitrogen and oxygen atoms in total. The normalized spacial score (nSPS) is 30.2. The lowest BCUT2D eigenvalue weighted by Gasteiger charge is -2.36. The monoisotopic (exact) mass is 405 g/mol. The van der Waals surface area contributed by atoms with E-state index in [0.29, 0.717) is 24.3 Å². The van der Waals surface area contributed by atoms with Crippen LogP contribution in [0.15, 0.2) is 24.3 Å². The number of thioether (sulfide) groups is 1. The van der Waals surface area contributed by atoms with Gasteiger partial charge in [0, 0.05) is 17.9 Å². The summed E-state index contributed by atoms with van der Waals surface area (Å²) < 4.78 is 14.2. The SMILES string of the molecule is C[C@@H]1CCCC[C@@]12NC(=O)N(CC(=O)N1CCS[C@H]1c1ccccc1F)C2=O. The predicted octanol–water partition coefficient (Wildman–Crippen LogP) is 2.90. The Kier molecular flexibility index (Phi) is 5.07. The number of urea groups is 1. The molecule has 4 amide bonds. The van der Waals surface area contributed by atoms with E-state index in [-0.39, 0.29) is 30.1 Å². The third-order valence-electron chi connectivity index (χ3n) is 6.18. The van der Waals surface area contributed by atoms with Crippen LogP contribution in [0.25, 0.3) is 0 Å². The summed E-state index contributed by atoms with van der Waals surface area (Å²) in [5, 5.41) is 2.44. The van der Waals surface area contributed by atoms with Crippen LogP contribution in [-0.4, -0.2) is 52.0 Å². The lowest BCUT2D eigenvalue weighted by Crippen LogP contribution is -2.54. The van der Waals surface area contributed by atoms with Gasteiger partial charge < -0.3 is 10.2 Å². The zero-order chi connectivity index (χ0) is 19.9. The molecule has 3 fully saturated rings. The minimum Gasteiger partial charge on any atom is -0.324 e. The number of nitrogens with zero attached hydrogens (tertiary/aromatic N) is 2. The van der Waals surface area contributed by atoms with Gasteiger partial charge in [0.05, 0.1) is 0 Å². The Morgan fingerprint density at radius 1 is 1.32 bits per heavy atom. The van der Waals surface area contributed by atoms with E-state index in [1.807, 2.05) is 6.92 Å². The van der Waals surface area contributed by atoms with Crippen molar-refractivity contribution in [1.82, 2.24) is 15.1 Å². The summed E-state index contributed by atoms with van der Waals surface area (Å²) in [4.78, 5) is 41.2. The van der Waals surface area contributed by atoms with Crippen LogP contribution in [0.5, 0.6) is 0 Å². The molecule has 2 aliphatic heterocycles. The van der Waals surface area contributed by atoms with Crippen molar-refractivity contribution in [3.05, 3.63) is 35.6 Å². The Hall–Kier alpha value is -2.09. The average Bonchev–Trinajstić information content (AvgIpc) is 3.24. The van der Waals surface area contributed by atoms with E-state index >= 15 is 0 Å². The van der Waals surface area contributed by atoms with Crippen LogP contribution in [0, 0.1) is 11.7 Å². The maximum absolute atomic E-state index is 14.2. The standard InChI is InChI=1S/C20H24FN3O3S/c1-13-6-4-5-9-20(13)18(26)24(19(27)22-20)12-16(25)23-10-11-28-17(23)14-7-2-3-8-15(14)21/h2-3,7-8,13,17H,4-6,9-12H2,1H3,(H,22,27)/t13-,17+,20-/m1/s1. The summed E-state index contributed by atoms with van der Waals surface area (Å²) in [6, 6.07) is 5.91. The molecule has 3 aliphatic rings. The highest BCUT2D eigenvalue weighted by molar-refractivity contribution is 7.99. The van der Waals surface area contributed by atoms with Gasteiger partial charge in [-0.2, -0.15) is 0 Å². The number of imide groups is 1. The third-order valence-corrected chi connectivity index (χ3v) is 7.42. The maximum Gasteiger partial charge on any atom is 0.325 e. The van der Waals surface area contributed by atoms with Gasteiger partial charge in [-0.25, -0.2) is 9.18 Å². The fourth-order valence-electron chi connectivity index (χ4n) is 4.52. The van der Waals surface area contributed by atoms with E-state index in [0.717, 1.165) is 24.2 Å². The van der Waals surface area contributed by atoms with E-state index < -0.39 is 16.9 Å². The van der Waals surface area contributed by atoms with Gasteiger partial charge in [0.25, 0.3) is 5.91 Å². The Balaban J connectivity index is 1.51. The molecule has 28 heavy (non-hydrogen) atoms. The molecule has 0 unspecified atom stereocenters. The number of halogens is 1. The third kappa shape index (κ3) is 3.07. The van der Waals surface area contributed by atoms with Gasteiger partial charge >= 0.3 is 6.03 Å². The minimum absolute atomic E-state index is 0.0475. The molecule has 2 saturated heterocycles. The molecule has 150 valence electrons. The summed E-state index contributed by atoms with van der Waals surface area (Å²) in [5.74, 6) is -0.253. The second-order valence-corrected chi connectivity index (χ2v) is 8.96. The van der Waals surface area contributed by atoms with E-state index in [2.05, 4.69) is 5.32 Å². The number of amides is 4. The molecule has 1 N–H and O–H groups in total. The van der Waals surface area contributed by atoms with Gasteiger partial charge in [0.2, 0.25) is 5.91 Å². The van der Waals surface area contributed by atoms with Crippen molar-refractivity contribution in [3.8, 4) is 0 Å². The fraction of sp³-hybridized carbons (Fsp3) is 0.550. The van der Waals surface area contributed by atoms with Crippen molar-refractivity contribution in [3.63, 3.8) is 0 Å². The first kappa shape index (κ1) is 19.2. The van der Waals surface area contributed by atoms with Gasteiger partial charge in [-0.3, -0.25) is 14.5 Å². The number of nitrogens with one attached hydrogen (secondary N) is 1. The summed E-state index contributed by atoms with van der Waals surface area (Å²) in [5.41, 5.74) is -0.423. The highest BCUT2D eigenvalue weighted by Gasteiger charge is 2.55. The molecule has 2 heterocycles. The molecule has 0 aromatic heterocycles. The second-order valence-electron chi connectivity index (χ2n) is 7.77. The zero-order valence-electron chi connectivity index (χ0n) is 15.8. The number of rotatable bonds is 3. The molecule has 8 heteroatoms. The Bertz CT molecular complexity index is 820. The molecule has 1 aromatic carbocycles. The van der Waals surface area contributed by atoms with E-state index in [9.17, 15) is 18.8 Å². The molecule has 1 aromatic rings. The van der Waals surface area contributed by atoms with Gasteiger partial charge in [-0.05, 0) is 24.8 Å². The molecule has 1 saturated carbocycles. The molecule has 0 radical (unpaired) electrons. The van der Waals surface area contributed by atoms with Gasteiger partial charge in [0.1, 0.15) is 23.3 Å². The average molecular weight is 405 g/mol. The summed E-state index contributed by atoms with van der Waals surface area (Å²) >= 11 is 1.49. The molecule has 0 bridgehead atoms. The van der Waals surface area contributed by atoms with Crippen LogP contribution in [0.3, 0.4) is 0 Å². The summed E-state index contributed by atoms with van der Waals surface area (Å²) in [6.07, 6.45) is 3.42. The first-order valence-corrected chi connectivity index (χ1v) is 10.8. The molecule has 4 rings (SSSR count). The number of carbonyl (C=O) groups excluding carboxylic acids is 3. The number of hydrogen-bond acceptors (Lipinski definition) is 4. The quantitative estimate of drug-likeness (QED) is 0.785. The highest BCUT2D eigenvalue weighted by atomic mass is 32.2. The maximum atomic E-state index is 14.2. The Labute approximate surface area is 167 Å². The largest absolute Gasteiger partial charge is 0.325 e. The number of hydrogen-bond donors (Lipinski definition) is 1. The van der Waals surface area contributed by atoms with E-state index in [1.165, 1.54) is 17.8 Å². The fourth-order valence-corrected chi connectivity index (χ4v) is 5.82. The molecular weight excluding hydrogens is 381 g/mol. The minimum atomic E-state index is -0.875.